The fourth-order valence-corrected chi connectivity index (χ4v) is 4.60. The van der Waals surface area contributed by atoms with E-state index < -0.39 is 33.7 Å². The van der Waals surface area contributed by atoms with Crippen LogP contribution in [0.1, 0.15) is 30.9 Å². The third-order valence-corrected chi connectivity index (χ3v) is 6.66. The van der Waals surface area contributed by atoms with Crippen molar-refractivity contribution in [2.45, 2.75) is 30.9 Å². The van der Waals surface area contributed by atoms with Crippen LogP contribution in [-0.4, -0.2) is 61.5 Å². The summed E-state index contributed by atoms with van der Waals surface area (Å²) in [6.07, 6.45) is 3.08. The lowest BCUT2D eigenvalue weighted by atomic mass is 10.1. The van der Waals surface area contributed by atoms with Crippen LogP contribution in [0, 0.1) is 10.1 Å². The highest BCUT2D eigenvalue weighted by atomic mass is 32.2. The first-order valence-electron chi connectivity index (χ1n) is 11.0. The highest BCUT2D eigenvalue weighted by Crippen LogP contribution is 2.35. The van der Waals surface area contributed by atoms with Crippen molar-refractivity contribution in [2.75, 3.05) is 35.6 Å². The van der Waals surface area contributed by atoms with Crippen LogP contribution in [0.5, 0.6) is 0 Å². The van der Waals surface area contributed by atoms with E-state index in [1.807, 2.05) is 0 Å². The predicted octanol–water partition coefficient (Wildman–Crippen LogP) is 0.809. The van der Waals surface area contributed by atoms with Gasteiger partial charge in [0.1, 0.15) is 17.0 Å². The lowest BCUT2D eigenvalue weighted by Crippen LogP contribution is -2.39. The molecule has 2 aromatic rings. The average molecular weight is 509 g/mol. The average Bonchev–Trinajstić information content (AvgIpc) is 3.21. The Bertz CT molecular complexity index is 1150. The molecule has 13 nitrogen and oxygen atoms in total. The number of piperidine rings is 1. The van der Waals surface area contributed by atoms with Crippen molar-refractivity contribution in [3.63, 3.8) is 0 Å². The van der Waals surface area contributed by atoms with Crippen molar-refractivity contribution in [3.05, 3.63) is 60.8 Å². The van der Waals surface area contributed by atoms with Crippen molar-refractivity contribution in [1.82, 2.24) is 14.9 Å². The van der Waals surface area contributed by atoms with E-state index in [9.17, 15) is 29.6 Å². The quantitative estimate of drug-likeness (QED) is 0.263. The maximum absolute atomic E-state index is 12.4. The number of fused-ring (bicyclic) bond motifs is 1. The number of aliphatic hydroxyl groups is 1. The van der Waals surface area contributed by atoms with Gasteiger partial charge in [-0.3, -0.25) is 29.3 Å². The van der Waals surface area contributed by atoms with Gasteiger partial charge in [-0.2, -0.15) is 0 Å². The number of β-amino-alcohol motifs (C(OH)–C–C–N with tert-alkyl or cyclic N) is 1. The summed E-state index contributed by atoms with van der Waals surface area (Å²) in [7, 11) is 1.44. The first kappa shape index (κ1) is 26.2. The Hall–Kier alpha value is -3.36. The molecular weight excluding hydrogens is 480 g/mol. The number of aliphatic carboxylic acids is 1. The lowest BCUT2D eigenvalue weighted by Gasteiger charge is -2.27. The Balaban J connectivity index is 0.000000497. The van der Waals surface area contributed by atoms with Gasteiger partial charge in [0.15, 0.2) is 0 Å². The highest BCUT2D eigenvalue weighted by Gasteiger charge is 2.35. The van der Waals surface area contributed by atoms with Gasteiger partial charge in [-0.05, 0) is 43.6 Å². The molecule has 5 N–H and O–H groups in total. The van der Waals surface area contributed by atoms with Crippen LogP contribution in [-0.2, 0) is 11.8 Å². The normalized spacial score (nSPS) is 17.5. The Kier molecular flexibility index (Phi) is 8.89. The number of thioether (sulfide) groups is 1. The second-order valence-corrected chi connectivity index (χ2v) is 9.11. The smallest absolute Gasteiger partial charge is 0.329 e. The number of nitro groups is 1. The molecule has 2 unspecified atom stereocenters. The molecule has 2 aliphatic heterocycles. The predicted molar refractivity (Wildman–Crippen MR) is 132 cm³/mol. The molecule has 2 aliphatic rings. The number of hydrogen-bond donors (Lipinski definition) is 5. The fourth-order valence-electron chi connectivity index (χ4n) is 3.73. The number of anilines is 2. The number of hydrogen-bond acceptors (Lipinski definition) is 10. The van der Waals surface area contributed by atoms with Gasteiger partial charge in [-0.25, -0.2) is 4.79 Å². The fraction of sp³-hybridized carbons (Fsp3) is 0.476. The summed E-state index contributed by atoms with van der Waals surface area (Å²) in [5, 5.41) is 36.6. The minimum atomic E-state index is -1.13. The minimum absolute atomic E-state index is 0.0935. The number of non-ortho nitro benzene ring substituents is 1. The molecule has 1 aromatic carbocycles. The molecule has 190 valence electrons. The van der Waals surface area contributed by atoms with Gasteiger partial charge in [-0.1, -0.05) is 6.42 Å². The van der Waals surface area contributed by atoms with E-state index >= 15 is 0 Å². The number of aliphatic hydroxyl groups excluding tert-OH is 1. The maximum Gasteiger partial charge on any atom is 0.329 e. The van der Waals surface area contributed by atoms with E-state index in [2.05, 4.69) is 15.6 Å². The van der Waals surface area contributed by atoms with Crippen LogP contribution in [0.25, 0.3) is 0 Å². The largest absolute Gasteiger partial charge is 0.481 e. The lowest BCUT2D eigenvalue weighted by molar-refractivity contribution is -0.384. The molecule has 1 saturated heterocycles. The molecule has 0 saturated carbocycles. The molecule has 0 amide bonds. The third-order valence-electron chi connectivity index (χ3n) is 5.56. The Morgan fingerprint density at radius 3 is 2.40 bits per heavy atom. The number of carboxylic acid groups (broad SMARTS) is 1. The number of aromatic nitrogens is 2. The number of nitrogens with zero attached hydrogens (tertiary/aromatic N) is 3. The van der Waals surface area contributed by atoms with Crippen LogP contribution < -0.4 is 26.8 Å². The molecule has 3 heterocycles. The van der Waals surface area contributed by atoms with E-state index in [0.717, 1.165) is 11.8 Å². The molecule has 1 fully saturated rings. The highest BCUT2D eigenvalue weighted by molar-refractivity contribution is 8.00. The monoisotopic (exact) mass is 508 g/mol. The number of nitrogens with one attached hydrogen (secondary N) is 3. The van der Waals surface area contributed by atoms with Crippen LogP contribution >= 0.6 is 11.8 Å². The zero-order valence-electron chi connectivity index (χ0n) is 19.1. The molecule has 0 bridgehead atoms. The Morgan fingerprint density at radius 1 is 1.23 bits per heavy atom. The summed E-state index contributed by atoms with van der Waals surface area (Å²) in [4.78, 5) is 49.1. The van der Waals surface area contributed by atoms with Gasteiger partial charge < -0.3 is 25.7 Å². The van der Waals surface area contributed by atoms with Crippen LogP contribution in [0.4, 0.5) is 17.2 Å². The standard InChI is InChI=1S/C16H17N5O7S.C5H11N/c1-19-13-12(14(25)18-15(19)26)20(16(17-13)29-7-11(23)24)6-10(22)8-2-4-9(5-3-8)21(27)28;1-2-4-6-5-3-1/h2-5,10,16-17,22H,6-7H2,1H3,(H,23,24)(H,18,25,26);6H,1-5H2. The van der Waals surface area contributed by atoms with Gasteiger partial charge in [0.25, 0.3) is 11.2 Å². The summed E-state index contributed by atoms with van der Waals surface area (Å²) >= 11 is 0.970. The van der Waals surface area contributed by atoms with Crippen molar-refractivity contribution >= 4 is 34.9 Å². The van der Waals surface area contributed by atoms with Gasteiger partial charge in [0.2, 0.25) is 0 Å². The van der Waals surface area contributed by atoms with Gasteiger partial charge in [-0.15, -0.1) is 11.8 Å². The van der Waals surface area contributed by atoms with Crippen LogP contribution in [0.2, 0.25) is 0 Å². The van der Waals surface area contributed by atoms with E-state index in [0.29, 0.717) is 5.56 Å². The summed E-state index contributed by atoms with van der Waals surface area (Å²) in [6.45, 7) is 2.39. The van der Waals surface area contributed by atoms with Crippen molar-refractivity contribution in [1.29, 1.82) is 0 Å². The Morgan fingerprint density at radius 2 is 1.89 bits per heavy atom. The molecule has 0 spiro atoms. The van der Waals surface area contributed by atoms with Crippen LogP contribution in [0.15, 0.2) is 33.9 Å². The second kappa shape index (κ2) is 11.9. The van der Waals surface area contributed by atoms with Gasteiger partial charge >= 0.3 is 11.7 Å². The third kappa shape index (κ3) is 6.61. The number of carboxylic acids is 1. The number of nitro benzene ring substituents is 1. The molecule has 35 heavy (non-hydrogen) atoms. The SMILES string of the molecule is C1CCNCC1.Cn1c2c(c(=O)[nH]c1=O)N(CC(O)c1ccc([N+](=O)[O-])cc1)C(SCC(=O)O)N2. The first-order valence-corrected chi connectivity index (χ1v) is 12.1. The van der Waals surface area contributed by atoms with Crippen molar-refractivity contribution in [2.24, 2.45) is 7.05 Å². The summed E-state index contributed by atoms with van der Waals surface area (Å²) < 4.78 is 1.18. The molecule has 1 aromatic heterocycles. The molecule has 2 atom stereocenters. The van der Waals surface area contributed by atoms with Crippen molar-refractivity contribution in [3.8, 4) is 0 Å². The van der Waals surface area contributed by atoms with Gasteiger partial charge in [0.05, 0.1) is 23.3 Å². The number of H-pyrrole nitrogens is 1. The summed E-state index contributed by atoms with van der Waals surface area (Å²) in [6, 6.07) is 5.30. The van der Waals surface area contributed by atoms with E-state index in [-0.39, 0.29) is 29.5 Å². The number of rotatable bonds is 7. The van der Waals surface area contributed by atoms with Gasteiger partial charge in [0, 0.05) is 19.2 Å². The van der Waals surface area contributed by atoms with Crippen LogP contribution in [0.3, 0.4) is 0 Å². The number of aromatic amines is 1. The molecular formula is C21H28N6O7S. The van der Waals surface area contributed by atoms with Crippen molar-refractivity contribution < 1.29 is 19.9 Å². The zero-order chi connectivity index (χ0) is 25.5. The molecule has 4 rings (SSSR count). The summed E-state index contributed by atoms with van der Waals surface area (Å²) in [5.74, 6) is -1.13. The zero-order valence-corrected chi connectivity index (χ0v) is 19.9. The maximum atomic E-state index is 12.4. The van der Waals surface area contributed by atoms with E-state index in [1.165, 1.54) is 73.1 Å². The topological polar surface area (TPSA) is 183 Å². The second-order valence-electron chi connectivity index (χ2n) is 8.04. The molecule has 0 aliphatic carbocycles. The summed E-state index contributed by atoms with van der Waals surface area (Å²) in [5.41, 5.74) is -1.69. The van der Waals surface area contributed by atoms with E-state index in [1.54, 1.807) is 0 Å². The van der Waals surface area contributed by atoms with E-state index in [4.69, 9.17) is 5.11 Å². The molecule has 0 radical (unpaired) electrons. The molecule has 14 heteroatoms. The minimum Gasteiger partial charge on any atom is -0.481 e. The first-order chi connectivity index (χ1) is 16.7. The number of benzene rings is 1. The number of carbonyl (C=O) groups is 1. The Labute approximate surface area is 204 Å².